The fourth-order valence-electron chi connectivity index (χ4n) is 1.54. The first kappa shape index (κ1) is 12.0. The zero-order chi connectivity index (χ0) is 12.8. The van der Waals surface area contributed by atoms with Crippen LogP contribution in [0.4, 0.5) is 5.69 Å². The average Bonchev–Trinajstić information content (AvgIpc) is 2.41. The van der Waals surface area contributed by atoms with Gasteiger partial charge in [-0.1, -0.05) is 30.3 Å². The van der Waals surface area contributed by atoms with E-state index in [-0.39, 0.29) is 5.75 Å². The van der Waals surface area contributed by atoms with Crippen molar-refractivity contribution < 1.29 is 9.84 Å². The maximum atomic E-state index is 10.1. The Kier molecular flexibility index (Phi) is 3.86. The van der Waals surface area contributed by atoms with Crippen LogP contribution in [0.3, 0.4) is 0 Å². The second kappa shape index (κ2) is 5.77. The van der Waals surface area contributed by atoms with Crippen molar-refractivity contribution in [1.82, 2.24) is 0 Å². The highest BCUT2D eigenvalue weighted by Gasteiger charge is 2.08. The van der Waals surface area contributed by atoms with Crippen molar-refractivity contribution in [2.24, 2.45) is 0 Å². The number of phenolic OH excluding ortho intramolecular Hbond substituents is 1. The van der Waals surface area contributed by atoms with Crippen molar-refractivity contribution in [3.63, 3.8) is 0 Å². The van der Waals surface area contributed by atoms with Crippen LogP contribution in [0.25, 0.3) is 0 Å². The standard InChI is InChI=1S/C15H15NO2/c1-2-11-16-13-9-6-10-14(15(13)17)18-12-7-4-3-5-8-12/h2-10,16-17H,1,11H2. The Hall–Kier alpha value is -2.42. The molecule has 0 aliphatic heterocycles. The van der Waals surface area contributed by atoms with Crippen LogP contribution in [0.2, 0.25) is 0 Å². The van der Waals surface area contributed by atoms with Gasteiger partial charge in [-0.3, -0.25) is 0 Å². The number of phenols is 1. The number of nitrogens with one attached hydrogen (secondary N) is 1. The summed E-state index contributed by atoms with van der Waals surface area (Å²) in [4.78, 5) is 0. The van der Waals surface area contributed by atoms with Gasteiger partial charge < -0.3 is 15.2 Å². The molecule has 0 aliphatic rings. The Morgan fingerprint density at radius 3 is 2.61 bits per heavy atom. The van der Waals surface area contributed by atoms with Crippen LogP contribution >= 0.6 is 0 Å². The molecule has 2 N–H and O–H groups in total. The first-order valence-corrected chi connectivity index (χ1v) is 5.71. The van der Waals surface area contributed by atoms with E-state index in [4.69, 9.17) is 4.74 Å². The van der Waals surface area contributed by atoms with Gasteiger partial charge in [0, 0.05) is 6.54 Å². The number of aromatic hydroxyl groups is 1. The fourth-order valence-corrected chi connectivity index (χ4v) is 1.54. The second-order valence-electron chi connectivity index (χ2n) is 3.74. The molecule has 0 saturated heterocycles. The number of hydrogen-bond acceptors (Lipinski definition) is 3. The molecular formula is C15H15NO2. The van der Waals surface area contributed by atoms with Gasteiger partial charge in [0.1, 0.15) is 5.75 Å². The lowest BCUT2D eigenvalue weighted by atomic mass is 10.2. The van der Waals surface area contributed by atoms with Gasteiger partial charge in [-0.05, 0) is 24.3 Å². The maximum Gasteiger partial charge on any atom is 0.182 e. The summed E-state index contributed by atoms with van der Waals surface area (Å²) in [6.45, 7) is 4.21. The van der Waals surface area contributed by atoms with E-state index < -0.39 is 0 Å². The van der Waals surface area contributed by atoms with Crippen LogP contribution in [0.5, 0.6) is 17.2 Å². The number of benzene rings is 2. The molecule has 18 heavy (non-hydrogen) atoms. The lowest BCUT2D eigenvalue weighted by Gasteiger charge is -2.11. The molecular weight excluding hydrogens is 226 g/mol. The highest BCUT2D eigenvalue weighted by Crippen LogP contribution is 2.36. The van der Waals surface area contributed by atoms with Crippen LogP contribution in [-0.4, -0.2) is 11.7 Å². The van der Waals surface area contributed by atoms with Crippen molar-refractivity contribution in [3.05, 3.63) is 61.2 Å². The van der Waals surface area contributed by atoms with Gasteiger partial charge in [0.2, 0.25) is 0 Å². The molecule has 0 atom stereocenters. The minimum Gasteiger partial charge on any atom is -0.503 e. The lowest BCUT2D eigenvalue weighted by Crippen LogP contribution is -1.98. The molecule has 0 radical (unpaired) electrons. The third-order valence-corrected chi connectivity index (χ3v) is 2.41. The topological polar surface area (TPSA) is 41.5 Å². The monoisotopic (exact) mass is 241 g/mol. The molecule has 2 aromatic carbocycles. The van der Waals surface area contributed by atoms with Gasteiger partial charge in [-0.15, -0.1) is 6.58 Å². The van der Waals surface area contributed by atoms with Gasteiger partial charge >= 0.3 is 0 Å². The molecule has 0 spiro atoms. The van der Waals surface area contributed by atoms with E-state index in [0.29, 0.717) is 23.7 Å². The van der Waals surface area contributed by atoms with Gasteiger partial charge in [0.25, 0.3) is 0 Å². The zero-order valence-corrected chi connectivity index (χ0v) is 9.97. The first-order valence-electron chi connectivity index (χ1n) is 5.71. The summed E-state index contributed by atoms with van der Waals surface area (Å²) in [7, 11) is 0. The number of rotatable bonds is 5. The SMILES string of the molecule is C=CCNc1cccc(Oc2ccccc2)c1O. The predicted molar refractivity (Wildman–Crippen MR) is 73.3 cm³/mol. The quantitative estimate of drug-likeness (QED) is 0.618. The van der Waals surface area contributed by atoms with Crippen LogP contribution in [0.1, 0.15) is 0 Å². The highest BCUT2D eigenvalue weighted by atomic mass is 16.5. The number of anilines is 1. The van der Waals surface area contributed by atoms with Crippen molar-refractivity contribution in [1.29, 1.82) is 0 Å². The van der Waals surface area contributed by atoms with Crippen LogP contribution in [0, 0.1) is 0 Å². The molecule has 0 aliphatic carbocycles. The second-order valence-corrected chi connectivity index (χ2v) is 3.74. The maximum absolute atomic E-state index is 10.1. The minimum atomic E-state index is 0.100. The largest absolute Gasteiger partial charge is 0.503 e. The summed E-state index contributed by atoms with van der Waals surface area (Å²) in [6, 6.07) is 14.7. The Labute approximate surface area is 106 Å². The molecule has 0 fully saturated rings. The molecule has 0 aromatic heterocycles. The highest BCUT2D eigenvalue weighted by molar-refractivity contribution is 5.63. The molecule has 0 amide bonds. The van der Waals surface area contributed by atoms with Crippen molar-refractivity contribution in [3.8, 4) is 17.2 Å². The molecule has 0 unspecified atom stereocenters. The summed E-state index contributed by atoms with van der Waals surface area (Å²) < 4.78 is 5.61. The summed E-state index contributed by atoms with van der Waals surface area (Å²) >= 11 is 0. The Morgan fingerprint density at radius 1 is 1.11 bits per heavy atom. The van der Waals surface area contributed by atoms with Crippen LogP contribution in [-0.2, 0) is 0 Å². The summed E-state index contributed by atoms with van der Waals surface area (Å²) in [5.74, 6) is 1.21. The van der Waals surface area contributed by atoms with Crippen molar-refractivity contribution in [2.75, 3.05) is 11.9 Å². The van der Waals surface area contributed by atoms with Gasteiger partial charge in [-0.25, -0.2) is 0 Å². The average molecular weight is 241 g/mol. The summed E-state index contributed by atoms with van der Waals surface area (Å²) in [5, 5.41) is 13.1. The van der Waals surface area contributed by atoms with E-state index in [9.17, 15) is 5.11 Å². The molecule has 3 nitrogen and oxygen atoms in total. The van der Waals surface area contributed by atoms with Crippen LogP contribution < -0.4 is 10.1 Å². The number of para-hydroxylation sites is 2. The molecule has 92 valence electrons. The molecule has 0 bridgehead atoms. The van der Waals surface area contributed by atoms with Crippen molar-refractivity contribution in [2.45, 2.75) is 0 Å². The van der Waals surface area contributed by atoms with E-state index in [1.54, 1.807) is 18.2 Å². The van der Waals surface area contributed by atoms with Crippen molar-refractivity contribution >= 4 is 5.69 Å². The predicted octanol–water partition coefficient (Wildman–Crippen LogP) is 3.78. The normalized spacial score (nSPS) is 9.78. The fraction of sp³-hybridized carbons (Fsp3) is 0.0667. The van der Waals surface area contributed by atoms with Gasteiger partial charge in [-0.2, -0.15) is 0 Å². The lowest BCUT2D eigenvalue weighted by molar-refractivity contribution is 0.413. The molecule has 3 heteroatoms. The molecule has 2 aromatic rings. The van der Waals surface area contributed by atoms with Gasteiger partial charge in [0.05, 0.1) is 5.69 Å². The molecule has 0 saturated carbocycles. The van der Waals surface area contributed by atoms with E-state index in [1.807, 2.05) is 36.4 Å². The molecule has 0 heterocycles. The zero-order valence-electron chi connectivity index (χ0n) is 9.97. The van der Waals surface area contributed by atoms with Crippen LogP contribution in [0.15, 0.2) is 61.2 Å². The Bertz CT molecular complexity index is 523. The third-order valence-electron chi connectivity index (χ3n) is 2.41. The summed E-state index contributed by atoms with van der Waals surface area (Å²) in [6.07, 6.45) is 1.73. The minimum absolute atomic E-state index is 0.100. The summed E-state index contributed by atoms with van der Waals surface area (Å²) in [5.41, 5.74) is 0.628. The Morgan fingerprint density at radius 2 is 1.89 bits per heavy atom. The first-order chi connectivity index (χ1) is 8.81. The van der Waals surface area contributed by atoms with E-state index in [0.717, 1.165) is 0 Å². The smallest absolute Gasteiger partial charge is 0.182 e. The number of hydrogen-bond donors (Lipinski definition) is 2. The van der Waals surface area contributed by atoms with Gasteiger partial charge in [0.15, 0.2) is 11.5 Å². The number of ether oxygens (including phenoxy) is 1. The van der Waals surface area contributed by atoms with E-state index in [1.165, 1.54) is 0 Å². The third kappa shape index (κ3) is 2.83. The van der Waals surface area contributed by atoms with E-state index in [2.05, 4.69) is 11.9 Å². The van der Waals surface area contributed by atoms with E-state index >= 15 is 0 Å². The molecule has 2 rings (SSSR count). The Balaban J connectivity index is 2.20.